The van der Waals surface area contributed by atoms with Crippen LogP contribution in [0.1, 0.15) is 17.0 Å². The van der Waals surface area contributed by atoms with Gasteiger partial charge in [0.1, 0.15) is 0 Å². The van der Waals surface area contributed by atoms with Gasteiger partial charge < -0.3 is 4.90 Å². The fourth-order valence-electron chi connectivity index (χ4n) is 3.46. The van der Waals surface area contributed by atoms with Crippen molar-refractivity contribution >= 4 is 35.0 Å². The molecule has 3 aromatic carbocycles. The highest BCUT2D eigenvalue weighted by Gasteiger charge is 2.40. The molecule has 1 aliphatic heterocycles. The van der Waals surface area contributed by atoms with E-state index < -0.39 is 0 Å². The van der Waals surface area contributed by atoms with Gasteiger partial charge in [0.25, 0.3) is 0 Å². The van der Waals surface area contributed by atoms with Crippen LogP contribution in [0.2, 0.25) is 5.02 Å². The first-order valence-corrected chi connectivity index (χ1v) is 9.74. The van der Waals surface area contributed by atoms with Crippen LogP contribution in [-0.4, -0.2) is 18.2 Å². The molecule has 0 N–H and O–H groups in total. The summed E-state index contributed by atoms with van der Waals surface area (Å²) < 4.78 is 0. The van der Waals surface area contributed by atoms with Crippen molar-refractivity contribution in [3.05, 3.63) is 95.0 Å². The summed E-state index contributed by atoms with van der Waals surface area (Å²) in [5.41, 5.74) is 3.33. The third-order valence-corrected chi connectivity index (χ3v) is 6.27. The van der Waals surface area contributed by atoms with Crippen molar-refractivity contribution in [3.63, 3.8) is 0 Å². The van der Waals surface area contributed by atoms with Crippen LogP contribution < -0.4 is 4.90 Å². The number of anilines is 1. The Hall–Kier alpha value is -2.23. The van der Waals surface area contributed by atoms with Crippen LogP contribution in [0, 0.1) is 0 Å². The first-order chi connectivity index (χ1) is 12.6. The van der Waals surface area contributed by atoms with Crippen LogP contribution in [0.25, 0.3) is 0 Å². The predicted octanol–water partition coefficient (Wildman–Crippen LogP) is 5.61. The van der Waals surface area contributed by atoms with E-state index in [1.54, 1.807) is 16.7 Å². The van der Waals surface area contributed by atoms with Crippen LogP contribution in [0.4, 0.5) is 5.69 Å². The molecule has 0 fully saturated rings. The molecule has 0 bridgehead atoms. The van der Waals surface area contributed by atoms with Crippen molar-refractivity contribution in [2.24, 2.45) is 0 Å². The number of carbonyl (C=O) groups excluding carboxylic acids is 1. The number of amides is 1. The van der Waals surface area contributed by atoms with Gasteiger partial charge in [-0.25, -0.2) is 0 Å². The van der Waals surface area contributed by atoms with E-state index in [0.29, 0.717) is 5.02 Å². The summed E-state index contributed by atoms with van der Waals surface area (Å²) in [5.74, 6) is 0.134. The molecular formula is C22H18ClNOS. The quantitative estimate of drug-likeness (QED) is 0.589. The van der Waals surface area contributed by atoms with Crippen LogP contribution >= 0.6 is 23.4 Å². The molecule has 2 nitrogen and oxygen atoms in total. The molecular weight excluding hydrogens is 362 g/mol. The first-order valence-electron chi connectivity index (χ1n) is 8.49. The maximum atomic E-state index is 13.2. The van der Waals surface area contributed by atoms with Gasteiger partial charge in [-0.1, -0.05) is 60.1 Å². The molecule has 0 aliphatic carbocycles. The molecule has 26 heavy (non-hydrogen) atoms. The van der Waals surface area contributed by atoms with Gasteiger partial charge in [0.15, 0.2) is 0 Å². The third-order valence-electron chi connectivity index (χ3n) is 4.75. The number of thioether (sulfide) groups is 1. The number of halogens is 1. The zero-order valence-corrected chi connectivity index (χ0v) is 15.9. The summed E-state index contributed by atoms with van der Waals surface area (Å²) in [6, 6.07) is 26.1. The number of benzene rings is 3. The van der Waals surface area contributed by atoms with E-state index >= 15 is 0 Å². The van der Waals surface area contributed by atoms with Gasteiger partial charge in [-0.15, -0.1) is 11.8 Å². The zero-order valence-electron chi connectivity index (χ0n) is 14.3. The summed E-state index contributed by atoms with van der Waals surface area (Å²) >= 11 is 7.62. The minimum absolute atomic E-state index is 0.0109. The van der Waals surface area contributed by atoms with Crippen molar-refractivity contribution in [1.29, 1.82) is 0 Å². The largest absolute Gasteiger partial charge is 0.314 e. The predicted molar refractivity (Wildman–Crippen MR) is 109 cm³/mol. The van der Waals surface area contributed by atoms with E-state index in [0.717, 1.165) is 16.1 Å². The number of nitrogens with zero attached hydrogens (tertiary/aromatic N) is 1. The molecule has 3 aromatic rings. The number of para-hydroxylation sites is 1. The van der Waals surface area contributed by atoms with Gasteiger partial charge in [0, 0.05) is 28.6 Å². The first kappa shape index (κ1) is 17.2. The molecule has 0 saturated carbocycles. The molecule has 4 rings (SSSR count). The minimum Gasteiger partial charge on any atom is -0.314 e. The van der Waals surface area contributed by atoms with Gasteiger partial charge in [-0.2, -0.15) is 0 Å². The summed E-state index contributed by atoms with van der Waals surface area (Å²) in [4.78, 5) is 16.0. The van der Waals surface area contributed by atoms with E-state index in [1.165, 1.54) is 5.56 Å². The lowest BCUT2D eigenvalue weighted by Crippen LogP contribution is -2.43. The number of rotatable bonds is 3. The fourth-order valence-corrected chi connectivity index (χ4v) is 4.88. The molecule has 1 heterocycles. The maximum Gasteiger partial charge on any atom is 0.241 e. The molecule has 4 heteroatoms. The molecule has 0 aromatic heterocycles. The molecule has 1 aliphatic rings. The van der Waals surface area contributed by atoms with Crippen LogP contribution in [-0.2, 0) is 4.79 Å². The van der Waals surface area contributed by atoms with Crippen LogP contribution in [0.3, 0.4) is 0 Å². The lowest BCUT2D eigenvalue weighted by Gasteiger charge is -2.37. The van der Waals surface area contributed by atoms with Crippen LogP contribution in [0.5, 0.6) is 0 Å². The Balaban J connectivity index is 1.82. The highest BCUT2D eigenvalue weighted by atomic mass is 35.5. The average Bonchev–Trinajstić information content (AvgIpc) is 2.68. The summed E-state index contributed by atoms with van der Waals surface area (Å²) in [6.45, 7) is 0. The second-order valence-corrected chi connectivity index (χ2v) is 7.99. The van der Waals surface area contributed by atoms with Gasteiger partial charge in [-0.3, -0.25) is 4.79 Å². The Labute approximate surface area is 162 Å². The number of hydrogen-bond acceptors (Lipinski definition) is 2. The SMILES string of the molecule is CN1C(=O)[C@H](Sc2ccc(Cl)cc2)[C@H](c2ccccc2)c2ccccc21. The Kier molecular flexibility index (Phi) is 4.75. The molecule has 0 unspecified atom stereocenters. The van der Waals surface area contributed by atoms with Crippen LogP contribution in [0.15, 0.2) is 83.8 Å². The smallest absolute Gasteiger partial charge is 0.241 e. The molecule has 2 atom stereocenters. The second-order valence-electron chi connectivity index (χ2n) is 6.34. The Morgan fingerprint density at radius 3 is 2.27 bits per heavy atom. The van der Waals surface area contributed by atoms with Crippen molar-refractivity contribution in [1.82, 2.24) is 0 Å². The standard InChI is InChI=1S/C22H18ClNOS/c1-24-19-10-6-5-9-18(19)20(15-7-3-2-4-8-15)21(22(24)25)26-17-13-11-16(23)12-14-17/h2-14,20-21H,1H3/t20-,21-/m1/s1. The van der Waals surface area contributed by atoms with Crippen molar-refractivity contribution in [2.75, 3.05) is 11.9 Å². The van der Waals surface area contributed by atoms with E-state index in [1.807, 2.05) is 67.7 Å². The molecule has 0 saturated heterocycles. The second kappa shape index (κ2) is 7.18. The Morgan fingerprint density at radius 2 is 1.54 bits per heavy atom. The van der Waals surface area contributed by atoms with E-state index in [-0.39, 0.29) is 17.1 Å². The third kappa shape index (κ3) is 3.13. The highest BCUT2D eigenvalue weighted by Crippen LogP contribution is 2.46. The normalized spacial score (nSPS) is 19.3. The van der Waals surface area contributed by atoms with Crippen molar-refractivity contribution in [3.8, 4) is 0 Å². The van der Waals surface area contributed by atoms with Gasteiger partial charge in [-0.05, 0) is 41.5 Å². The lowest BCUT2D eigenvalue weighted by atomic mass is 9.84. The molecule has 130 valence electrons. The average molecular weight is 380 g/mol. The maximum absolute atomic E-state index is 13.2. The number of carbonyl (C=O) groups is 1. The Morgan fingerprint density at radius 1 is 0.885 bits per heavy atom. The minimum atomic E-state index is -0.224. The van der Waals surface area contributed by atoms with Gasteiger partial charge in [0.2, 0.25) is 5.91 Å². The van der Waals surface area contributed by atoms with E-state index in [2.05, 4.69) is 18.2 Å². The summed E-state index contributed by atoms with van der Waals surface area (Å²) in [6.07, 6.45) is 0. The summed E-state index contributed by atoms with van der Waals surface area (Å²) in [7, 11) is 1.86. The van der Waals surface area contributed by atoms with Gasteiger partial charge >= 0.3 is 0 Å². The van der Waals surface area contributed by atoms with E-state index in [9.17, 15) is 4.79 Å². The molecule has 0 spiro atoms. The molecule has 0 radical (unpaired) electrons. The highest BCUT2D eigenvalue weighted by molar-refractivity contribution is 8.00. The monoisotopic (exact) mass is 379 g/mol. The zero-order chi connectivity index (χ0) is 18.1. The lowest BCUT2D eigenvalue weighted by molar-refractivity contribution is -0.118. The fraction of sp³-hybridized carbons (Fsp3) is 0.136. The number of fused-ring (bicyclic) bond motifs is 1. The van der Waals surface area contributed by atoms with Crippen molar-refractivity contribution < 1.29 is 4.79 Å². The number of hydrogen-bond donors (Lipinski definition) is 0. The Bertz CT molecular complexity index is 926. The van der Waals surface area contributed by atoms with E-state index in [4.69, 9.17) is 11.6 Å². The molecule has 1 amide bonds. The summed E-state index contributed by atoms with van der Waals surface area (Å²) in [5, 5.41) is 0.477. The topological polar surface area (TPSA) is 20.3 Å². The van der Waals surface area contributed by atoms with Gasteiger partial charge in [0.05, 0.1) is 5.25 Å². The van der Waals surface area contributed by atoms with Crippen molar-refractivity contribution in [2.45, 2.75) is 16.1 Å².